The zero-order valence-corrected chi connectivity index (χ0v) is 6.28. The fraction of sp³-hybridized carbons (Fsp3) is 0. The summed E-state index contributed by atoms with van der Waals surface area (Å²) in [5.74, 6) is -0.248. The Hall–Kier alpha value is -0.370. The zero-order valence-electron chi connectivity index (χ0n) is 4.70. The van der Waals surface area contributed by atoms with Gasteiger partial charge in [-0.15, -0.1) is 0 Å². The van der Waals surface area contributed by atoms with Crippen molar-refractivity contribution in [3.63, 3.8) is 0 Å². The SMILES string of the molecule is [CH2]c1ccc(F)c(Br)c1. The average molecular weight is 188 g/mol. The monoisotopic (exact) mass is 187 g/mol. The number of hydrogen-bond donors (Lipinski definition) is 0. The van der Waals surface area contributed by atoms with Gasteiger partial charge >= 0.3 is 0 Å². The van der Waals surface area contributed by atoms with Gasteiger partial charge in [-0.05, 0) is 40.5 Å². The Kier molecular flexibility index (Phi) is 1.86. The molecule has 1 aromatic rings. The van der Waals surface area contributed by atoms with Gasteiger partial charge < -0.3 is 0 Å². The third kappa shape index (κ3) is 1.52. The fourth-order valence-electron chi connectivity index (χ4n) is 0.540. The van der Waals surface area contributed by atoms with E-state index < -0.39 is 0 Å². The zero-order chi connectivity index (χ0) is 6.85. The molecular weight excluding hydrogens is 183 g/mol. The van der Waals surface area contributed by atoms with Crippen LogP contribution in [-0.2, 0) is 0 Å². The molecule has 1 rings (SSSR count). The topological polar surface area (TPSA) is 0 Å². The Morgan fingerprint density at radius 2 is 2.11 bits per heavy atom. The highest BCUT2D eigenvalue weighted by atomic mass is 79.9. The lowest BCUT2D eigenvalue weighted by Gasteiger charge is -1.93. The summed E-state index contributed by atoms with van der Waals surface area (Å²) < 4.78 is 12.9. The van der Waals surface area contributed by atoms with Gasteiger partial charge in [-0.25, -0.2) is 4.39 Å². The summed E-state index contributed by atoms with van der Waals surface area (Å²) in [7, 11) is 0. The Bertz CT molecular complexity index is 220. The maximum absolute atomic E-state index is 12.4. The second kappa shape index (κ2) is 2.48. The van der Waals surface area contributed by atoms with E-state index in [1.165, 1.54) is 6.07 Å². The molecule has 0 saturated carbocycles. The minimum absolute atomic E-state index is 0.248. The van der Waals surface area contributed by atoms with Gasteiger partial charge in [0.1, 0.15) is 5.82 Å². The second-order valence-corrected chi connectivity index (χ2v) is 2.60. The van der Waals surface area contributed by atoms with Gasteiger partial charge in [0.15, 0.2) is 0 Å². The van der Waals surface area contributed by atoms with Crippen LogP contribution in [0.5, 0.6) is 0 Å². The summed E-state index contributed by atoms with van der Waals surface area (Å²) in [6.45, 7) is 3.63. The maximum Gasteiger partial charge on any atom is 0.137 e. The lowest BCUT2D eigenvalue weighted by Crippen LogP contribution is -1.76. The van der Waals surface area contributed by atoms with E-state index >= 15 is 0 Å². The van der Waals surface area contributed by atoms with Crippen LogP contribution in [0.1, 0.15) is 5.56 Å². The Morgan fingerprint density at radius 3 is 2.56 bits per heavy atom. The summed E-state index contributed by atoms with van der Waals surface area (Å²) in [5, 5.41) is 0. The van der Waals surface area contributed by atoms with Gasteiger partial charge in [-0.1, -0.05) is 6.07 Å². The number of benzene rings is 1. The van der Waals surface area contributed by atoms with Crippen molar-refractivity contribution in [1.82, 2.24) is 0 Å². The minimum atomic E-state index is -0.248. The van der Waals surface area contributed by atoms with Crippen LogP contribution in [0.2, 0.25) is 0 Å². The second-order valence-electron chi connectivity index (χ2n) is 1.75. The van der Waals surface area contributed by atoms with E-state index in [0.29, 0.717) is 4.47 Å². The molecule has 0 fully saturated rings. The van der Waals surface area contributed by atoms with E-state index in [1.54, 1.807) is 12.1 Å². The van der Waals surface area contributed by atoms with Crippen LogP contribution < -0.4 is 0 Å². The number of hydrogen-bond acceptors (Lipinski definition) is 0. The smallest absolute Gasteiger partial charge is 0.137 e. The third-order valence-electron chi connectivity index (χ3n) is 0.984. The van der Waals surface area contributed by atoms with Crippen molar-refractivity contribution >= 4 is 15.9 Å². The maximum atomic E-state index is 12.4. The molecule has 1 radical (unpaired) electrons. The van der Waals surface area contributed by atoms with Crippen molar-refractivity contribution in [3.05, 3.63) is 41.0 Å². The molecule has 1 aromatic carbocycles. The first-order valence-corrected chi connectivity index (χ1v) is 3.26. The van der Waals surface area contributed by atoms with Crippen molar-refractivity contribution in [3.8, 4) is 0 Å². The molecule has 0 aliphatic rings. The van der Waals surface area contributed by atoms with Crippen LogP contribution in [-0.4, -0.2) is 0 Å². The van der Waals surface area contributed by atoms with Gasteiger partial charge in [-0.2, -0.15) is 0 Å². The van der Waals surface area contributed by atoms with E-state index in [-0.39, 0.29) is 5.82 Å². The van der Waals surface area contributed by atoms with Crippen molar-refractivity contribution in [2.75, 3.05) is 0 Å². The summed E-state index contributed by atoms with van der Waals surface area (Å²) in [6.07, 6.45) is 0. The van der Waals surface area contributed by atoms with Crippen molar-refractivity contribution in [2.45, 2.75) is 0 Å². The highest BCUT2D eigenvalue weighted by molar-refractivity contribution is 9.10. The molecule has 9 heavy (non-hydrogen) atoms. The first kappa shape index (κ1) is 6.75. The van der Waals surface area contributed by atoms with E-state index in [0.717, 1.165) is 5.56 Å². The third-order valence-corrected chi connectivity index (χ3v) is 1.59. The van der Waals surface area contributed by atoms with Crippen LogP contribution >= 0.6 is 15.9 Å². The highest BCUT2D eigenvalue weighted by Gasteiger charge is 1.95. The van der Waals surface area contributed by atoms with E-state index in [1.807, 2.05) is 0 Å². The van der Waals surface area contributed by atoms with Gasteiger partial charge in [-0.3, -0.25) is 0 Å². The van der Waals surface area contributed by atoms with Crippen LogP contribution in [0.15, 0.2) is 22.7 Å². The normalized spacial score (nSPS) is 9.67. The highest BCUT2D eigenvalue weighted by Crippen LogP contribution is 2.15. The Balaban J connectivity index is 3.17. The molecule has 0 heterocycles. The lowest BCUT2D eigenvalue weighted by atomic mass is 10.2. The molecule has 0 aliphatic carbocycles. The van der Waals surface area contributed by atoms with Crippen molar-refractivity contribution in [1.29, 1.82) is 0 Å². The van der Waals surface area contributed by atoms with Crippen molar-refractivity contribution in [2.24, 2.45) is 0 Å². The average Bonchev–Trinajstić information content (AvgIpc) is 1.80. The molecule has 0 nitrogen and oxygen atoms in total. The number of halogens is 2. The predicted octanol–water partition coefficient (Wildman–Crippen LogP) is 2.77. The van der Waals surface area contributed by atoms with E-state index in [4.69, 9.17) is 0 Å². The van der Waals surface area contributed by atoms with Crippen molar-refractivity contribution < 1.29 is 4.39 Å². The Labute approximate surface area is 61.8 Å². The first-order valence-electron chi connectivity index (χ1n) is 2.47. The molecule has 0 bridgehead atoms. The summed E-state index contributed by atoms with van der Waals surface area (Å²) >= 11 is 3.03. The van der Waals surface area contributed by atoms with Gasteiger partial charge in [0, 0.05) is 0 Å². The molecule has 47 valence electrons. The molecule has 0 N–H and O–H groups in total. The van der Waals surface area contributed by atoms with E-state index in [2.05, 4.69) is 22.9 Å². The molecule has 0 atom stereocenters. The molecule has 2 heteroatoms. The summed E-state index contributed by atoms with van der Waals surface area (Å²) in [4.78, 5) is 0. The molecular formula is C7H5BrF. The Morgan fingerprint density at radius 1 is 1.44 bits per heavy atom. The number of rotatable bonds is 0. The molecule has 0 spiro atoms. The molecule has 0 saturated heterocycles. The van der Waals surface area contributed by atoms with Crippen LogP contribution in [0.3, 0.4) is 0 Å². The molecule has 0 aliphatic heterocycles. The van der Waals surface area contributed by atoms with Crippen LogP contribution in [0.4, 0.5) is 4.39 Å². The molecule has 0 unspecified atom stereocenters. The quantitative estimate of drug-likeness (QED) is 0.587. The van der Waals surface area contributed by atoms with E-state index in [9.17, 15) is 4.39 Å². The lowest BCUT2D eigenvalue weighted by molar-refractivity contribution is 0.621. The van der Waals surface area contributed by atoms with Gasteiger partial charge in [0.05, 0.1) is 4.47 Å². The van der Waals surface area contributed by atoms with Crippen LogP contribution in [0, 0.1) is 12.7 Å². The summed E-state index contributed by atoms with van der Waals surface area (Å²) in [5.41, 5.74) is 0.809. The standard InChI is InChI=1S/C7H5BrF/c1-5-2-3-7(9)6(8)4-5/h2-4H,1H2. The van der Waals surface area contributed by atoms with Gasteiger partial charge in [0.25, 0.3) is 0 Å². The fourth-order valence-corrected chi connectivity index (χ4v) is 0.966. The molecule has 0 amide bonds. The summed E-state index contributed by atoms with van der Waals surface area (Å²) in [6, 6.07) is 4.64. The van der Waals surface area contributed by atoms with Crippen LogP contribution in [0.25, 0.3) is 0 Å². The molecule has 0 aromatic heterocycles. The predicted molar refractivity (Wildman–Crippen MR) is 38.6 cm³/mol. The largest absolute Gasteiger partial charge is 0.206 e. The van der Waals surface area contributed by atoms with Gasteiger partial charge in [0.2, 0.25) is 0 Å². The first-order chi connectivity index (χ1) is 4.20. The minimum Gasteiger partial charge on any atom is -0.206 e.